The molecule has 2 N–H and O–H groups in total. The van der Waals surface area contributed by atoms with Crippen LogP contribution in [0.2, 0.25) is 0 Å². The van der Waals surface area contributed by atoms with Crippen molar-refractivity contribution in [1.82, 2.24) is 9.62 Å². The van der Waals surface area contributed by atoms with Gasteiger partial charge in [-0.15, -0.1) is 0 Å². The van der Waals surface area contributed by atoms with Crippen LogP contribution in [0.1, 0.15) is 139 Å². The maximum absolute atomic E-state index is 13.1. The van der Waals surface area contributed by atoms with Gasteiger partial charge in [-0.2, -0.15) is 0 Å². The summed E-state index contributed by atoms with van der Waals surface area (Å²) in [4.78, 5) is 27.5. The maximum atomic E-state index is 13.1. The Kier molecular flexibility index (Phi) is 10.1. The highest BCUT2D eigenvalue weighted by Crippen LogP contribution is 2.78. The third kappa shape index (κ3) is 6.59. The first-order valence-electron chi connectivity index (χ1n) is 20.4. The number of carboxylic acid groups (broad SMARTS) is 1. The van der Waals surface area contributed by atoms with Crippen molar-refractivity contribution in [2.75, 3.05) is 25.9 Å². The molecular weight excluding hydrogens is 657 g/mol. The molecular formula is C43H72N2O5S. The molecule has 0 aromatic heterocycles. The Labute approximate surface area is 311 Å². The van der Waals surface area contributed by atoms with E-state index < -0.39 is 21.1 Å². The van der Waals surface area contributed by atoms with Crippen molar-refractivity contribution < 1.29 is 23.6 Å². The van der Waals surface area contributed by atoms with Gasteiger partial charge >= 0.3 is 11.9 Å². The largest absolute Gasteiger partial charge is 0.481 e. The molecule has 0 spiro atoms. The monoisotopic (exact) mass is 729 g/mol. The second kappa shape index (κ2) is 13.1. The minimum atomic E-state index is -2.19. The molecule has 6 fully saturated rings. The quantitative estimate of drug-likeness (QED) is 0.133. The Bertz CT molecular complexity index is 1500. The molecule has 8 heteroatoms. The lowest BCUT2D eigenvalue weighted by molar-refractivity contribution is -0.250. The first-order valence-corrected chi connectivity index (χ1v) is 22.5. The number of hydrogen-bond acceptors (Lipinski definition) is 5. The number of rotatable bonds is 10. The van der Waals surface area contributed by atoms with E-state index in [0.717, 1.165) is 45.3 Å². The van der Waals surface area contributed by atoms with E-state index in [9.17, 15) is 18.9 Å². The highest BCUT2D eigenvalue weighted by molar-refractivity contribution is 7.97. The lowest BCUT2D eigenvalue weighted by Gasteiger charge is -2.73. The molecule has 1 saturated heterocycles. The Morgan fingerprint density at radius 3 is 2.29 bits per heavy atom. The van der Waals surface area contributed by atoms with E-state index in [0.29, 0.717) is 35.0 Å². The summed E-state index contributed by atoms with van der Waals surface area (Å²) in [5, 5.41) is 9.62. The van der Waals surface area contributed by atoms with Crippen LogP contribution < -0.4 is 4.72 Å². The standard InChI is InChI=1S/C43H72N2O5S/c1-28(2)30-14-20-43(23-25-45-24-17-29(27-45)44-51(10,11)49)22-21-41(8)31(36(30)43)12-13-33-40(7)18-16-34(50-35(46)26-38(3,4)37(47)48)39(5,6)32(40)15-19-42(33,41)9/h29-34,36H,1,10,12-27H2,2-9,11H3,(H,44,49)(H,47,48)/t29?,30-,31+,32-,33+,34-,36+,40-,41+,42+,43+,51?/m0/s1. The van der Waals surface area contributed by atoms with E-state index in [4.69, 9.17) is 4.74 Å². The molecule has 7 nitrogen and oxygen atoms in total. The molecule has 1 aliphatic heterocycles. The SMILES string of the molecule is C=C(C)[C@@H]1CC[C@]2(CCN3CCC(NS(=C)(C)=O)C3)CC[C@]3(C)[C@H](CC[C@@H]4[C@@]5(C)CC[C@H](OC(=O)CC(C)(C)C(=O)O)C(C)(C)[C@@H]5CC[C@]43C)[C@@H]12. The number of aliphatic carboxylic acids is 1. The Balaban J connectivity index is 1.21. The lowest BCUT2D eigenvalue weighted by atomic mass is 9.32. The number of esters is 1. The minimum absolute atomic E-state index is 0.0980. The molecule has 1 heterocycles. The van der Waals surface area contributed by atoms with Gasteiger partial charge in [0.05, 0.1) is 11.8 Å². The van der Waals surface area contributed by atoms with E-state index in [1.807, 2.05) is 0 Å². The van der Waals surface area contributed by atoms with Gasteiger partial charge in [-0.3, -0.25) is 13.8 Å². The summed E-state index contributed by atoms with van der Waals surface area (Å²) >= 11 is 0. The Hall–Kier alpha value is -1.38. The first-order chi connectivity index (χ1) is 23.5. The molecule has 290 valence electrons. The van der Waals surface area contributed by atoms with E-state index >= 15 is 0 Å². The molecule has 6 rings (SSSR count). The summed E-state index contributed by atoms with van der Waals surface area (Å²) < 4.78 is 21.8. The second-order valence-corrected chi connectivity index (χ2v) is 23.2. The van der Waals surface area contributed by atoms with Crippen LogP contribution >= 0.6 is 0 Å². The number of carboxylic acids is 1. The lowest BCUT2D eigenvalue weighted by Crippen LogP contribution is -2.66. The number of carbonyl (C=O) groups is 2. The van der Waals surface area contributed by atoms with Crippen molar-refractivity contribution in [3.05, 3.63) is 12.2 Å². The topological polar surface area (TPSA) is 95.9 Å². The smallest absolute Gasteiger partial charge is 0.309 e. The van der Waals surface area contributed by atoms with Crippen molar-refractivity contribution in [2.45, 2.75) is 151 Å². The van der Waals surface area contributed by atoms with Crippen LogP contribution in [0, 0.1) is 62.1 Å². The van der Waals surface area contributed by atoms with Crippen LogP contribution in [0.3, 0.4) is 0 Å². The Morgan fingerprint density at radius 1 is 0.941 bits per heavy atom. The molecule has 0 bridgehead atoms. The molecule has 0 amide bonds. The molecule has 2 unspecified atom stereocenters. The van der Waals surface area contributed by atoms with Crippen molar-refractivity contribution in [1.29, 1.82) is 0 Å². The van der Waals surface area contributed by atoms with Crippen LogP contribution in [0.15, 0.2) is 12.2 Å². The highest BCUT2D eigenvalue weighted by atomic mass is 32.2. The minimum Gasteiger partial charge on any atom is -0.481 e. The zero-order chi connectivity index (χ0) is 37.6. The maximum Gasteiger partial charge on any atom is 0.309 e. The zero-order valence-corrected chi connectivity index (χ0v) is 34.5. The number of allylic oxidation sites excluding steroid dienone is 1. The summed E-state index contributed by atoms with van der Waals surface area (Å²) in [5.41, 5.74) is 1.21. The van der Waals surface area contributed by atoms with Gasteiger partial charge in [0, 0.05) is 34.0 Å². The third-order valence-corrected chi connectivity index (χ3v) is 18.1. The average molecular weight is 729 g/mol. The fourth-order valence-corrected chi connectivity index (χ4v) is 15.3. The molecule has 0 aromatic carbocycles. The van der Waals surface area contributed by atoms with Gasteiger partial charge in [0.15, 0.2) is 0 Å². The van der Waals surface area contributed by atoms with Crippen LogP contribution in [0.25, 0.3) is 0 Å². The van der Waals surface area contributed by atoms with E-state index in [1.54, 1.807) is 20.1 Å². The van der Waals surface area contributed by atoms with Crippen LogP contribution in [-0.2, 0) is 24.0 Å². The zero-order valence-electron chi connectivity index (χ0n) is 33.7. The van der Waals surface area contributed by atoms with E-state index in [-0.39, 0.29) is 46.2 Å². The summed E-state index contributed by atoms with van der Waals surface area (Å²) in [7, 11) is -2.19. The summed E-state index contributed by atoms with van der Waals surface area (Å²) in [6.45, 7) is 26.0. The van der Waals surface area contributed by atoms with Crippen molar-refractivity contribution in [2.24, 2.45) is 62.1 Å². The van der Waals surface area contributed by atoms with Crippen molar-refractivity contribution >= 4 is 27.5 Å². The van der Waals surface area contributed by atoms with E-state index in [2.05, 4.69) is 63.6 Å². The van der Waals surface area contributed by atoms with Gasteiger partial charge in [0.2, 0.25) is 0 Å². The molecule has 51 heavy (non-hydrogen) atoms. The predicted molar refractivity (Wildman–Crippen MR) is 209 cm³/mol. The molecule has 0 radical (unpaired) electrons. The molecule has 5 saturated carbocycles. The normalized spacial score (nSPS) is 44.7. The number of hydrogen-bond donors (Lipinski definition) is 2. The summed E-state index contributed by atoms with van der Waals surface area (Å²) in [5.74, 6) is 5.63. The molecule has 0 aromatic rings. The van der Waals surface area contributed by atoms with Gasteiger partial charge in [0.1, 0.15) is 6.10 Å². The summed E-state index contributed by atoms with van der Waals surface area (Å²) in [6, 6.07) is 0.276. The second-order valence-electron chi connectivity index (χ2n) is 20.9. The van der Waals surface area contributed by atoms with Crippen LogP contribution in [-0.4, -0.2) is 70.1 Å². The number of nitrogens with one attached hydrogen (secondary N) is 1. The number of fused-ring (bicyclic) bond motifs is 7. The molecule has 12 atom stereocenters. The molecule has 6 aliphatic rings. The van der Waals surface area contributed by atoms with Crippen molar-refractivity contribution in [3.8, 4) is 0 Å². The van der Waals surface area contributed by atoms with Crippen LogP contribution in [0.4, 0.5) is 0 Å². The summed E-state index contributed by atoms with van der Waals surface area (Å²) in [6.07, 6.45) is 15.9. The number of ether oxygens (including phenoxy) is 1. The van der Waals surface area contributed by atoms with Gasteiger partial charge in [-0.25, -0.2) is 4.72 Å². The van der Waals surface area contributed by atoms with Crippen molar-refractivity contribution in [3.63, 3.8) is 0 Å². The predicted octanol–water partition coefficient (Wildman–Crippen LogP) is 8.37. The highest BCUT2D eigenvalue weighted by Gasteiger charge is 2.71. The fraction of sp³-hybridized carbons (Fsp3) is 0.884. The van der Waals surface area contributed by atoms with Gasteiger partial charge in [-0.1, -0.05) is 46.8 Å². The average Bonchev–Trinajstić information content (AvgIpc) is 3.61. The third-order valence-electron chi connectivity index (χ3n) is 17.2. The number of carbonyl (C=O) groups excluding carboxylic acids is 1. The van der Waals surface area contributed by atoms with E-state index in [1.165, 1.54) is 56.9 Å². The van der Waals surface area contributed by atoms with Gasteiger partial charge in [0.25, 0.3) is 0 Å². The van der Waals surface area contributed by atoms with Gasteiger partial charge in [-0.05, 0) is 168 Å². The molecule has 5 aliphatic carbocycles. The first kappa shape index (κ1) is 39.3. The van der Waals surface area contributed by atoms with Gasteiger partial charge < -0.3 is 14.7 Å². The Morgan fingerprint density at radius 2 is 1.65 bits per heavy atom. The number of likely N-dealkylation sites (tertiary alicyclic amines) is 1. The number of nitrogens with zero attached hydrogens (tertiary/aromatic N) is 1. The fourth-order valence-electron chi connectivity index (χ4n) is 14.4. The van der Waals surface area contributed by atoms with Crippen LogP contribution in [0.5, 0.6) is 0 Å².